The molecule has 0 heterocycles. The van der Waals surface area contributed by atoms with Crippen LogP contribution in [0, 0.1) is 5.92 Å². The average molecular weight is 166 g/mol. The van der Waals surface area contributed by atoms with Gasteiger partial charge in [0.2, 0.25) is 0 Å². The highest BCUT2D eigenvalue weighted by molar-refractivity contribution is 5.69. The number of carbonyl (C=O) groups excluding carboxylic acids is 1. The molecule has 2 aliphatic rings. The zero-order valence-electron chi connectivity index (χ0n) is 7.38. The van der Waals surface area contributed by atoms with E-state index in [0.717, 1.165) is 12.8 Å². The average Bonchev–Trinajstić information content (AvgIpc) is 2.63. The number of ether oxygens (including phenoxy) is 1. The minimum Gasteiger partial charge on any atom is -0.455 e. The Hall–Kier alpha value is -0.790. The van der Waals surface area contributed by atoms with E-state index in [4.69, 9.17) is 4.74 Å². The van der Waals surface area contributed by atoms with Crippen LogP contribution in [0.15, 0.2) is 12.2 Å². The van der Waals surface area contributed by atoms with E-state index in [0.29, 0.717) is 12.3 Å². The second kappa shape index (κ2) is 2.61. The number of fused-ring (bicyclic) bond motifs is 2. The Labute approximate surface area is 72.6 Å². The third kappa shape index (κ3) is 1.15. The number of esters is 1. The lowest BCUT2D eigenvalue weighted by atomic mass is 10.0. The van der Waals surface area contributed by atoms with Gasteiger partial charge in [-0.1, -0.05) is 13.0 Å². The van der Waals surface area contributed by atoms with Crippen LogP contribution in [-0.2, 0) is 9.53 Å². The molecule has 2 rings (SSSR count). The Balaban J connectivity index is 2.03. The number of rotatable bonds is 2. The van der Waals surface area contributed by atoms with Gasteiger partial charge in [-0.05, 0) is 31.3 Å². The van der Waals surface area contributed by atoms with Gasteiger partial charge in [-0.2, -0.15) is 0 Å². The Morgan fingerprint density at radius 2 is 2.58 bits per heavy atom. The van der Waals surface area contributed by atoms with Crippen LogP contribution in [0.2, 0.25) is 0 Å². The first-order valence-corrected chi connectivity index (χ1v) is 4.65. The molecule has 2 heteroatoms. The van der Waals surface area contributed by atoms with Crippen molar-refractivity contribution >= 4 is 5.97 Å². The molecular weight excluding hydrogens is 152 g/mol. The molecule has 2 bridgehead atoms. The third-order valence-corrected chi connectivity index (χ3v) is 2.82. The van der Waals surface area contributed by atoms with Crippen molar-refractivity contribution in [3.05, 3.63) is 12.2 Å². The van der Waals surface area contributed by atoms with E-state index in [2.05, 4.69) is 12.2 Å². The molecule has 0 amide bonds. The predicted molar refractivity (Wildman–Crippen MR) is 45.6 cm³/mol. The van der Waals surface area contributed by atoms with Crippen molar-refractivity contribution in [3.63, 3.8) is 0 Å². The molecule has 2 aliphatic carbocycles. The van der Waals surface area contributed by atoms with E-state index in [-0.39, 0.29) is 11.6 Å². The molecule has 2 unspecified atom stereocenters. The summed E-state index contributed by atoms with van der Waals surface area (Å²) < 4.78 is 5.41. The van der Waals surface area contributed by atoms with Gasteiger partial charge < -0.3 is 4.74 Å². The first kappa shape index (κ1) is 7.84. The Morgan fingerprint density at radius 1 is 1.75 bits per heavy atom. The van der Waals surface area contributed by atoms with Crippen LogP contribution in [0.3, 0.4) is 0 Å². The van der Waals surface area contributed by atoms with Gasteiger partial charge in [-0.25, -0.2) is 0 Å². The summed E-state index contributed by atoms with van der Waals surface area (Å²) >= 11 is 0. The molecule has 2 atom stereocenters. The first-order chi connectivity index (χ1) is 5.74. The van der Waals surface area contributed by atoms with Crippen LogP contribution >= 0.6 is 0 Å². The van der Waals surface area contributed by atoms with Crippen molar-refractivity contribution in [2.45, 2.75) is 38.2 Å². The van der Waals surface area contributed by atoms with Gasteiger partial charge in [0.15, 0.2) is 0 Å². The monoisotopic (exact) mass is 166 g/mol. The molecule has 0 aliphatic heterocycles. The smallest absolute Gasteiger partial charge is 0.306 e. The maximum absolute atomic E-state index is 11.1. The van der Waals surface area contributed by atoms with E-state index in [1.807, 2.05) is 6.92 Å². The highest BCUT2D eigenvalue weighted by Crippen LogP contribution is 2.44. The molecule has 0 N–H and O–H groups in total. The van der Waals surface area contributed by atoms with Gasteiger partial charge in [0.1, 0.15) is 5.60 Å². The molecule has 1 fully saturated rings. The zero-order chi connectivity index (χ0) is 8.60. The van der Waals surface area contributed by atoms with Crippen LogP contribution in [0.5, 0.6) is 0 Å². The summed E-state index contributed by atoms with van der Waals surface area (Å²) in [5.41, 5.74) is -0.197. The summed E-state index contributed by atoms with van der Waals surface area (Å²) in [5.74, 6) is 0.608. The number of hydrogen-bond acceptors (Lipinski definition) is 2. The Bertz CT molecular complexity index is 232. The normalized spacial score (nSPS) is 37.2. The standard InChI is InChI=1S/C10H14O2/c1-2-9(11)12-10-5-3-8(7-10)4-6-10/h3,5,8H,2,4,6-7H2,1H3. The first-order valence-electron chi connectivity index (χ1n) is 4.65. The fraction of sp³-hybridized carbons (Fsp3) is 0.700. The van der Waals surface area contributed by atoms with E-state index in [9.17, 15) is 4.79 Å². The molecule has 2 nitrogen and oxygen atoms in total. The van der Waals surface area contributed by atoms with Crippen LogP contribution in [-0.4, -0.2) is 11.6 Å². The third-order valence-electron chi connectivity index (χ3n) is 2.82. The highest BCUT2D eigenvalue weighted by atomic mass is 16.6. The topological polar surface area (TPSA) is 26.3 Å². The molecule has 0 saturated heterocycles. The predicted octanol–water partition coefficient (Wildman–Crippen LogP) is 2.05. The second-order valence-electron chi connectivity index (χ2n) is 3.75. The molecule has 0 aromatic carbocycles. The van der Waals surface area contributed by atoms with Gasteiger partial charge in [0.05, 0.1) is 0 Å². The molecular formula is C10H14O2. The van der Waals surface area contributed by atoms with Crippen LogP contribution in [0.1, 0.15) is 32.6 Å². The zero-order valence-corrected chi connectivity index (χ0v) is 7.38. The Morgan fingerprint density at radius 3 is 3.00 bits per heavy atom. The fourth-order valence-corrected chi connectivity index (χ4v) is 2.13. The summed E-state index contributed by atoms with van der Waals surface area (Å²) in [6.07, 6.45) is 7.99. The van der Waals surface area contributed by atoms with Gasteiger partial charge in [0.25, 0.3) is 0 Å². The maximum atomic E-state index is 11.1. The van der Waals surface area contributed by atoms with E-state index >= 15 is 0 Å². The molecule has 1 saturated carbocycles. The quantitative estimate of drug-likeness (QED) is 0.463. The van der Waals surface area contributed by atoms with E-state index in [1.165, 1.54) is 6.42 Å². The summed E-state index contributed by atoms with van der Waals surface area (Å²) in [4.78, 5) is 11.1. The molecule has 66 valence electrons. The van der Waals surface area contributed by atoms with Gasteiger partial charge in [-0.3, -0.25) is 4.79 Å². The summed E-state index contributed by atoms with van der Waals surface area (Å²) in [6.45, 7) is 1.84. The maximum Gasteiger partial charge on any atom is 0.306 e. The van der Waals surface area contributed by atoms with E-state index < -0.39 is 0 Å². The minimum atomic E-state index is -0.197. The van der Waals surface area contributed by atoms with Gasteiger partial charge in [0, 0.05) is 6.42 Å². The number of allylic oxidation sites excluding steroid dienone is 1. The van der Waals surface area contributed by atoms with Crippen LogP contribution < -0.4 is 0 Å². The van der Waals surface area contributed by atoms with Gasteiger partial charge in [-0.15, -0.1) is 0 Å². The van der Waals surface area contributed by atoms with Crippen molar-refractivity contribution in [2.75, 3.05) is 0 Å². The summed E-state index contributed by atoms with van der Waals surface area (Å²) in [6, 6.07) is 0. The largest absolute Gasteiger partial charge is 0.455 e. The summed E-state index contributed by atoms with van der Waals surface area (Å²) in [7, 11) is 0. The lowest BCUT2D eigenvalue weighted by molar-refractivity contribution is -0.154. The van der Waals surface area contributed by atoms with Crippen molar-refractivity contribution in [1.29, 1.82) is 0 Å². The summed E-state index contributed by atoms with van der Waals surface area (Å²) in [5, 5.41) is 0. The van der Waals surface area contributed by atoms with Crippen molar-refractivity contribution in [1.82, 2.24) is 0 Å². The minimum absolute atomic E-state index is 0.0674. The SMILES string of the molecule is CCC(=O)OC12C=CC(CC1)C2. The molecule has 0 aromatic rings. The Kier molecular flexibility index (Phi) is 1.71. The second-order valence-corrected chi connectivity index (χ2v) is 3.75. The molecule has 12 heavy (non-hydrogen) atoms. The lowest BCUT2D eigenvalue weighted by Gasteiger charge is -2.23. The molecule has 0 radical (unpaired) electrons. The lowest BCUT2D eigenvalue weighted by Crippen LogP contribution is -2.28. The number of carbonyl (C=O) groups is 1. The fourth-order valence-electron chi connectivity index (χ4n) is 2.13. The van der Waals surface area contributed by atoms with Crippen molar-refractivity contribution < 1.29 is 9.53 Å². The molecule has 0 aromatic heterocycles. The highest BCUT2D eigenvalue weighted by Gasteiger charge is 2.43. The number of hydrogen-bond donors (Lipinski definition) is 0. The van der Waals surface area contributed by atoms with Crippen LogP contribution in [0.4, 0.5) is 0 Å². The van der Waals surface area contributed by atoms with Crippen LogP contribution in [0.25, 0.3) is 0 Å². The van der Waals surface area contributed by atoms with Crippen molar-refractivity contribution in [3.8, 4) is 0 Å². The molecule has 0 spiro atoms. The van der Waals surface area contributed by atoms with Gasteiger partial charge >= 0.3 is 5.97 Å². The van der Waals surface area contributed by atoms with Crippen molar-refractivity contribution in [2.24, 2.45) is 5.92 Å². The van der Waals surface area contributed by atoms with E-state index in [1.54, 1.807) is 0 Å².